The van der Waals surface area contributed by atoms with Crippen LogP contribution in [-0.2, 0) is 6.54 Å². The zero-order valence-electron chi connectivity index (χ0n) is 10.5. The van der Waals surface area contributed by atoms with Crippen LogP contribution in [0.15, 0.2) is 47.2 Å². The number of nitrogens with one attached hydrogen (secondary N) is 1. The van der Waals surface area contributed by atoms with Gasteiger partial charge in [0, 0.05) is 17.0 Å². The van der Waals surface area contributed by atoms with Gasteiger partial charge in [-0.05, 0) is 12.1 Å². The molecule has 0 bridgehead atoms. The monoisotopic (exact) mass is 284 g/mol. The molecule has 20 heavy (non-hydrogen) atoms. The molecular weight excluding hydrogens is 272 g/mol. The van der Waals surface area contributed by atoms with Crippen LogP contribution in [0.3, 0.4) is 0 Å². The second-order valence-electron chi connectivity index (χ2n) is 4.28. The van der Waals surface area contributed by atoms with E-state index in [0.717, 1.165) is 22.2 Å². The van der Waals surface area contributed by atoms with Crippen molar-refractivity contribution in [3.05, 3.63) is 53.9 Å². The van der Waals surface area contributed by atoms with E-state index in [1.54, 1.807) is 6.07 Å². The summed E-state index contributed by atoms with van der Waals surface area (Å²) in [7, 11) is 0. The van der Waals surface area contributed by atoms with E-state index in [1.807, 2.05) is 30.3 Å². The van der Waals surface area contributed by atoms with Crippen molar-refractivity contribution in [2.75, 3.05) is 5.32 Å². The summed E-state index contributed by atoms with van der Waals surface area (Å²) in [6, 6.07) is 11.4. The van der Waals surface area contributed by atoms with Gasteiger partial charge in [-0.3, -0.25) is 0 Å². The molecule has 0 amide bonds. The van der Waals surface area contributed by atoms with Crippen LogP contribution in [-0.4, -0.2) is 15.1 Å². The molecule has 0 saturated heterocycles. The van der Waals surface area contributed by atoms with Gasteiger partial charge in [0.05, 0.1) is 12.1 Å². The molecule has 2 aromatic heterocycles. The van der Waals surface area contributed by atoms with Crippen molar-refractivity contribution in [3.8, 4) is 0 Å². The number of aromatic nitrogens is 2. The van der Waals surface area contributed by atoms with Gasteiger partial charge in [0.1, 0.15) is 22.8 Å². The predicted molar refractivity (Wildman–Crippen MR) is 81.5 cm³/mol. The highest BCUT2D eigenvalue weighted by Crippen LogP contribution is 2.21. The van der Waals surface area contributed by atoms with Crippen LogP contribution in [0, 0.1) is 0 Å². The fraction of sp³-hybridized carbons (Fsp3) is 0.0714. The Morgan fingerprint density at radius 1 is 1.30 bits per heavy atom. The van der Waals surface area contributed by atoms with Gasteiger partial charge < -0.3 is 15.6 Å². The van der Waals surface area contributed by atoms with Crippen LogP contribution in [0.4, 0.5) is 5.82 Å². The highest BCUT2D eigenvalue weighted by molar-refractivity contribution is 7.80. The molecule has 5 nitrogen and oxygen atoms in total. The largest absolute Gasteiger partial charge is 0.389 e. The van der Waals surface area contributed by atoms with Gasteiger partial charge >= 0.3 is 0 Å². The van der Waals surface area contributed by atoms with Crippen LogP contribution in [0.5, 0.6) is 0 Å². The van der Waals surface area contributed by atoms with Gasteiger partial charge in [-0.2, -0.15) is 0 Å². The zero-order chi connectivity index (χ0) is 13.9. The number of hydrogen-bond acceptors (Lipinski definition) is 5. The van der Waals surface area contributed by atoms with Gasteiger partial charge in [-0.25, -0.2) is 4.98 Å². The summed E-state index contributed by atoms with van der Waals surface area (Å²) in [5.41, 5.74) is 8.25. The summed E-state index contributed by atoms with van der Waals surface area (Å²) < 4.78 is 4.78. The minimum Gasteiger partial charge on any atom is -0.389 e. The molecule has 0 aliphatic carbocycles. The second kappa shape index (κ2) is 5.26. The van der Waals surface area contributed by atoms with Crippen molar-refractivity contribution in [3.63, 3.8) is 0 Å². The predicted octanol–water partition coefficient (Wildman–Crippen LogP) is 2.47. The first-order chi connectivity index (χ1) is 9.74. The second-order valence-corrected chi connectivity index (χ2v) is 4.72. The third-order valence-corrected chi connectivity index (χ3v) is 3.14. The standard InChI is InChI=1S/C14H12N4OS/c15-14(20)11-7-13(16-8-9-5-6-19-18-9)17-12-4-2-1-3-10(11)12/h1-7H,8H2,(H2,15,20)(H,16,17). The lowest BCUT2D eigenvalue weighted by molar-refractivity contribution is 0.412. The van der Waals surface area contributed by atoms with Crippen LogP contribution < -0.4 is 11.1 Å². The minimum atomic E-state index is 0.355. The highest BCUT2D eigenvalue weighted by Gasteiger charge is 2.08. The first-order valence-electron chi connectivity index (χ1n) is 6.07. The van der Waals surface area contributed by atoms with Crippen molar-refractivity contribution in [1.29, 1.82) is 0 Å². The summed E-state index contributed by atoms with van der Waals surface area (Å²) in [5, 5.41) is 7.97. The molecule has 0 unspecified atom stereocenters. The molecule has 0 aliphatic rings. The van der Waals surface area contributed by atoms with Crippen LogP contribution in [0.25, 0.3) is 10.9 Å². The number of nitrogens with zero attached hydrogens (tertiary/aromatic N) is 2. The molecule has 100 valence electrons. The van der Waals surface area contributed by atoms with E-state index in [1.165, 1.54) is 6.26 Å². The van der Waals surface area contributed by atoms with E-state index in [9.17, 15) is 0 Å². The van der Waals surface area contributed by atoms with Gasteiger partial charge in [0.15, 0.2) is 0 Å². The Kier molecular flexibility index (Phi) is 3.30. The van der Waals surface area contributed by atoms with E-state index in [2.05, 4.69) is 15.5 Å². The van der Waals surface area contributed by atoms with E-state index >= 15 is 0 Å². The molecule has 1 aromatic carbocycles. The van der Waals surface area contributed by atoms with Crippen molar-refractivity contribution < 1.29 is 4.52 Å². The summed E-state index contributed by atoms with van der Waals surface area (Å²) in [6.07, 6.45) is 1.53. The number of anilines is 1. The Labute approximate surface area is 120 Å². The number of rotatable bonds is 4. The molecule has 0 saturated carbocycles. The quantitative estimate of drug-likeness (QED) is 0.717. The lowest BCUT2D eigenvalue weighted by atomic mass is 10.1. The molecule has 0 atom stereocenters. The summed E-state index contributed by atoms with van der Waals surface area (Å²) >= 11 is 5.11. The Balaban J connectivity index is 1.97. The molecule has 0 radical (unpaired) electrons. The van der Waals surface area contributed by atoms with Crippen molar-refractivity contribution in [1.82, 2.24) is 10.1 Å². The van der Waals surface area contributed by atoms with Crippen molar-refractivity contribution >= 4 is 33.9 Å². The molecular formula is C14H12N4OS. The minimum absolute atomic E-state index is 0.355. The topological polar surface area (TPSA) is 77.0 Å². The average molecular weight is 284 g/mol. The molecule has 6 heteroatoms. The SMILES string of the molecule is NC(=S)c1cc(NCc2ccon2)nc2ccccc12. The van der Waals surface area contributed by atoms with Gasteiger partial charge in [-0.1, -0.05) is 35.6 Å². The smallest absolute Gasteiger partial charge is 0.127 e. The van der Waals surface area contributed by atoms with E-state index in [4.69, 9.17) is 22.5 Å². The van der Waals surface area contributed by atoms with E-state index in [-0.39, 0.29) is 0 Å². The third kappa shape index (κ3) is 2.46. The number of pyridine rings is 1. The number of nitrogens with two attached hydrogens (primary N) is 1. The molecule has 3 N–H and O–H groups in total. The van der Waals surface area contributed by atoms with Crippen LogP contribution in [0.2, 0.25) is 0 Å². The third-order valence-electron chi connectivity index (χ3n) is 2.92. The van der Waals surface area contributed by atoms with Crippen molar-refractivity contribution in [2.45, 2.75) is 6.54 Å². The Bertz CT molecular complexity index is 755. The molecule has 3 rings (SSSR count). The number of hydrogen-bond donors (Lipinski definition) is 2. The fourth-order valence-electron chi connectivity index (χ4n) is 1.98. The van der Waals surface area contributed by atoms with Gasteiger partial charge in [0.25, 0.3) is 0 Å². The van der Waals surface area contributed by atoms with Crippen molar-refractivity contribution in [2.24, 2.45) is 5.73 Å². The first-order valence-corrected chi connectivity index (χ1v) is 6.47. The number of benzene rings is 1. The van der Waals surface area contributed by atoms with Gasteiger partial charge in [0.2, 0.25) is 0 Å². The fourth-order valence-corrected chi connectivity index (χ4v) is 2.15. The number of fused-ring (bicyclic) bond motifs is 1. The molecule has 2 heterocycles. The van der Waals surface area contributed by atoms with Crippen LogP contribution in [0.1, 0.15) is 11.3 Å². The number of thiocarbonyl (C=S) groups is 1. The normalized spacial score (nSPS) is 10.6. The maximum atomic E-state index is 5.79. The average Bonchev–Trinajstić information content (AvgIpc) is 2.97. The van der Waals surface area contributed by atoms with Crippen LogP contribution >= 0.6 is 12.2 Å². The first kappa shape index (κ1) is 12.6. The Hall–Kier alpha value is -2.47. The highest BCUT2D eigenvalue weighted by atomic mass is 32.1. The molecule has 0 spiro atoms. The van der Waals surface area contributed by atoms with E-state index < -0.39 is 0 Å². The lowest BCUT2D eigenvalue weighted by Crippen LogP contribution is -2.12. The Morgan fingerprint density at radius 3 is 2.90 bits per heavy atom. The number of para-hydroxylation sites is 1. The lowest BCUT2D eigenvalue weighted by Gasteiger charge is -2.09. The maximum absolute atomic E-state index is 5.79. The van der Waals surface area contributed by atoms with E-state index in [0.29, 0.717) is 17.4 Å². The maximum Gasteiger partial charge on any atom is 0.127 e. The zero-order valence-corrected chi connectivity index (χ0v) is 11.4. The molecule has 3 aromatic rings. The Morgan fingerprint density at radius 2 is 2.15 bits per heavy atom. The summed E-state index contributed by atoms with van der Waals surface area (Å²) in [4.78, 5) is 4.89. The molecule has 0 aliphatic heterocycles. The van der Waals surface area contributed by atoms with Gasteiger partial charge in [-0.15, -0.1) is 0 Å². The summed E-state index contributed by atoms with van der Waals surface area (Å²) in [5.74, 6) is 0.703. The molecule has 0 fully saturated rings. The summed E-state index contributed by atoms with van der Waals surface area (Å²) in [6.45, 7) is 0.526.